The van der Waals surface area contributed by atoms with E-state index in [1.807, 2.05) is 30.3 Å². The molecule has 3 amide bonds. The molecule has 0 unspecified atom stereocenters. The minimum atomic E-state index is -0.345. The lowest BCUT2D eigenvalue weighted by Crippen LogP contribution is -2.31. The van der Waals surface area contributed by atoms with E-state index >= 15 is 0 Å². The molecule has 2 aromatic carbocycles. The van der Waals surface area contributed by atoms with Gasteiger partial charge in [-0.15, -0.1) is 0 Å². The fourth-order valence-corrected chi connectivity index (χ4v) is 2.45. The highest BCUT2D eigenvalue weighted by Gasteiger charge is 2.05. The summed E-state index contributed by atoms with van der Waals surface area (Å²) in [5.74, 6) is -0.160. The SMILES string of the molecule is O=C(CCNC(=O)Nc1ccc(Br)cc1)Nc1cccc(Br)c1. The van der Waals surface area contributed by atoms with Crippen molar-refractivity contribution in [1.29, 1.82) is 0 Å². The zero-order valence-electron chi connectivity index (χ0n) is 12.1. The van der Waals surface area contributed by atoms with Crippen LogP contribution in [-0.2, 0) is 4.79 Å². The molecule has 0 saturated carbocycles. The maximum Gasteiger partial charge on any atom is 0.319 e. The van der Waals surface area contributed by atoms with Gasteiger partial charge in [-0.25, -0.2) is 4.79 Å². The first-order chi connectivity index (χ1) is 11.0. The Morgan fingerprint density at radius 1 is 0.870 bits per heavy atom. The fraction of sp³-hybridized carbons (Fsp3) is 0.125. The maximum absolute atomic E-state index is 11.8. The van der Waals surface area contributed by atoms with Crippen molar-refractivity contribution in [2.45, 2.75) is 6.42 Å². The molecule has 7 heteroatoms. The third-order valence-corrected chi connectivity index (χ3v) is 3.87. The Labute approximate surface area is 151 Å². The number of benzene rings is 2. The Hall–Kier alpha value is -1.86. The molecule has 0 bridgehead atoms. The number of urea groups is 1. The molecule has 120 valence electrons. The van der Waals surface area contributed by atoms with Gasteiger partial charge < -0.3 is 16.0 Å². The number of nitrogens with one attached hydrogen (secondary N) is 3. The molecule has 23 heavy (non-hydrogen) atoms. The molecule has 3 N–H and O–H groups in total. The van der Waals surface area contributed by atoms with Crippen molar-refractivity contribution in [3.05, 3.63) is 57.5 Å². The molecule has 0 aromatic heterocycles. The molecule has 0 aliphatic carbocycles. The van der Waals surface area contributed by atoms with Gasteiger partial charge in [-0.1, -0.05) is 37.9 Å². The van der Waals surface area contributed by atoms with Crippen molar-refractivity contribution in [2.75, 3.05) is 17.2 Å². The van der Waals surface area contributed by atoms with Gasteiger partial charge in [0.05, 0.1) is 0 Å². The summed E-state index contributed by atoms with van der Waals surface area (Å²) in [5, 5.41) is 8.10. The summed E-state index contributed by atoms with van der Waals surface area (Å²) >= 11 is 6.67. The van der Waals surface area contributed by atoms with Crippen LogP contribution in [0.2, 0.25) is 0 Å². The molecule has 0 atom stereocenters. The van der Waals surface area contributed by atoms with Gasteiger partial charge in [-0.05, 0) is 42.5 Å². The Bertz CT molecular complexity index is 690. The summed E-state index contributed by atoms with van der Waals surface area (Å²) in [4.78, 5) is 23.5. The van der Waals surface area contributed by atoms with Crippen molar-refractivity contribution in [3.8, 4) is 0 Å². The molecule has 2 rings (SSSR count). The topological polar surface area (TPSA) is 70.2 Å². The van der Waals surface area contributed by atoms with Gasteiger partial charge in [0.1, 0.15) is 0 Å². The van der Waals surface area contributed by atoms with Crippen LogP contribution < -0.4 is 16.0 Å². The smallest absolute Gasteiger partial charge is 0.319 e. The predicted molar refractivity (Wildman–Crippen MR) is 98.6 cm³/mol. The third kappa shape index (κ3) is 6.42. The summed E-state index contributed by atoms with van der Waals surface area (Å²) in [5.41, 5.74) is 1.40. The van der Waals surface area contributed by atoms with Gasteiger partial charge in [0.2, 0.25) is 5.91 Å². The van der Waals surface area contributed by atoms with Crippen LogP contribution in [0.25, 0.3) is 0 Å². The van der Waals surface area contributed by atoms with Crippen molar-refractivity contribution >= 4 is 55.2 Å². The highest BCUT2D eigenvalue weighted by Crippen LogP contribution is 2.16. The second kappa shape index (κ2) is 8.69. The fourth-order valence-electron chi connectivity index (χ4n) is 1.79. The van der Waals surface area contributed by atoms with Crippen LogP contribution in [0.4, 0.5) is 16.2 Å². The van der Waals surface area contributed by atoms with E-state index in [9.17, 15) is 9.59 Å². The van der Waals surface area contributed by atoms with Crippen LogP contribution in [0.15, 0.2) is 57.5 Å². The summed E-state index contributed by atoms with van der Waals surface area (Å²) in [6.45, 7) is 0.252. The van der Waals surface area contributed by atoms with E-state index in [1.165, 1.54) is 0 Å². The third-order valence-electron chi connectivity index (χ3n) is 2.85. The molecule has 0 heterocycles. The van der Waals surface area contributed by atoms with Crippen molar-refractivity contribution in [1.82, 2.24) is 5.32 Å². The number of hydrogen-bond donors (Lipinski definition) is 3. The number of rotatable bonds is 5. The van der Waals surface area contributed by atoms with Crippen LogP contribution in [-0.4, -0.2) is 18.5 Å². The van der Waals surface area contributed by atoms with Crippen LogP contribution in [0, 0.1) is 0 Å². The Balaban J connectivity index is 1.70. The maximum atomic E-state index is 11.8. The molecular formula is C16H15Br2N3O2. The highest BCUT2D eigenvalue weighted by molar-refractivity contribution is 9.10. The van der Waals surface area contributed by atoms with Crippen molar-refractivity contribution in [3.63, 3.8) is 0 Å². The average Bonchev–Trinajstić information content (AvgIpc) is 2.49. The zero-order chi connectivity index (χ0) is 16.7. The normalized spacial score (nSPS) is 10.0. The Morgan fingerprint density at radius 3 is 2.30 bits per heavy atom. The molecule has 0 aliphatic rings. The largest absolute Gasteiger partial charge is 0.337 e. The van der Waals surface area contributed by atoms with E-state index < -0.39 is 0 Å². The van der Waals surface area contributed by atoms with Crippen LogP contribution in [0.1, 0.15) is 6.42 Å². The lowest BCUT2D eigenvalue weighted by Gasteiger charge is -2.08. The minimum absolute atomic E-state index is 0.160. The standard InChI is InChI=1S/C16H15Br2N3O2/c17-11-4-6-13(7-5-11)21-16(23)19-9-8-15(22)20-14-3-1-2-12(18)10-14/h1-7,10H,8-9H2,(H,20,22)(H2,19,21,23). The lowest BCUT2D eigenvalue weighted by molar-refractivity contribution is -0.116. The quantitative estimate of drug-likeness (QED) is 0.646. The highest BCUT2D eigenvalue weighted by atomic mass is 79.9. The molecule has 0 spiro atoms. The molecule has 0 aliphatic heterocycles. The van der Waals surface area contributed by atoms with E-state index in [-0.39, 0.29) is 24.9 Å². The molecule has 5 nitrogen and oxygen atoms in total. The first kappa shape index (κ1) is 17.5. The summed E-state index contributed by atoms with van der Waals surface area (Å²) in [7, 11) is 0. The number of carbonyl (C=O) groups excluding carboxylic acids is 2. The average molecular weight is 441 g/mol. The van der Waals surface area contributed by atoms with Gasteiger partial charge in [0.25, 0.3) is 0 Å². The molecule has 0 saturated heterocycles. The Kier molecular flexibility index (Phi) is 6.61. The molecule has 0 fully saturated rings. The molecular weight excluding hydrogens is 426 g/mol. The first-order valence-corrected chi connectivity index (χ1v) is 8.47. The summed E-state index contributed by atoms with van der Waals surface area (Å²) in [6.07, 6.45) is 0.195. The van der Waals surface area contributed by atoms with E-state index in [4.69, 9.17) is 0 Å². The number of carbonyl (C=O) groups is 2. The minimum Gasteiger partial charge on any atom is -0.337 e. The summed E-state index contributed by atoms with van der Waals surface area (Å²) in [6, 6.07) is 14.2. The second-order valence-electron chi connectivity index (χ2n) is 4.70. The van der Waals surface area contributed by atoms with E-state index in [0.717, 1.165) is 8.95 Å². The predicted octanol–water partition coefficient (Wildman–Crippen LogP) is 4.36. The van der Waals surface area contributed by atoms with Gasteiger partial charge in [-0.3, -0.25) is 4.79 Å². The van der Waals surface area contributed by atoms with Crippen LogP contribution in [0.3, 0.4) is 0 Å². The van der Waals surface area contributed by atoms with E-state index in [2.05, 4.69) is 47.8 Å². The summed E-state index contributed by atoms with van der Waals surface area (Å²) < 4.78 is 1.83. The van der Waals surface area contributed by atoms with Gasteiger partial charge in [0, 0.05) is 33.3 Å². The van der Waals surface area contributed by atoms with Gasteiger partial charge in [0.15, 0.2) is 0 Å². The van der Waals surface area contributed by atoms with Crippen LogP contribution in [0.5, 0.6) is 0 Å². The first-order valence-electron chi connectivity index (χ1n) is 6.89. The van der Waals surface area contributed by atoms with Gasteiger partial charge >= 0.3 is 6.03 Å². The number of amides is 3. The van der Waals surface area contributed by atoms with Crippen LogP contribution >= 0.6 is 31.9 Å². The van der Waals surface area contributed by atoms with Crippen molar-refractivity contribution in [2.24, 2.45) is 0 Å². The van der Waals surface area contributed by atoms with E-state index in [0.29, 0.717) is 11.4 Å². The van der Waals surface area contributed by atoms with E-state index in [1.54, 1.807) is 18.2 Å². The Morgan fingerprint density at radius 2 is 1.61 bits per heavy atom. The zero-order valence-corrected chi connectivity index (χ0v) is 15.3. The number of anilines is 2. The number of halogens is 2. The molecule has 0 radical (unpaired) electrons. The van der Waals surface area contributed by atoms with Gasteiger partial charge in [-0.2, -0.15) is 0 Å². The lowest BCUT2D eigenvalue weighted by atomic mass is 10.3. The van der Waals surface area contributed by atoms with Crippen molar-refractivity contribution < 1.29 is 9.59 Å². The molecule has 2 aromatic rings. The number of hydrogen-bond acceptors (Lipinski definition) is 2. The second-order valence-corrected chi connectivity index (χ2v) is 6.53. The monoisotopic (exact) mass is 439 g/mol.